The molecule has 3 rings (SSSR count). The zero-order valence-electron chi connectivity index (χ0n) is 9.00. The van der Waals surface area contributed by atoms with Crippen LogP contribution in [0.3, 0.4) is 0 Å². The number of ether oxygens (including phenoxy) is 1. The standard InChI is InChI=1S/C12H18O2S/c13-12(10-4-1-9-15-10)7-2-5-11(12)6-3-8-14-11/h4,13H,1-3,5-9H2. The van der Waals surface area contributed by atoms with E-state index in [2.05, 4.69) is 6.08 Å². The van der Waals surface area contributed by atoms with Crippen molar-refractivity contribution in [3.63, 3.8) is 0 Å². The first-order valence-electron chi connectivity index (χ1n) is 5.97. The number of hydrogen-bond acceptors (Lipinski definition) is 3. The maximum Gasteiger partial charge on any atom is 0.124 e. The Bertz CT molecular complexity index is 288. The van der Waals surface area contributed by atoms with Crippen LogP contribution in [0.1, 0.15) is 38.5 Å². The summed E-state index contributed by atoms with van der Waals surface area (Å²) in [7, 11) is 0. The van der Waals surface area contributed by atoms with Gasteiger partial charge in [-0.05, 0) is 38.5 Å². The maximum absolute atomic E-state index is 10.9. The van der Waals surface area contributed by atoms with Gasteiger partial charge >= 0.3 is 0 Å². The van der Waals surface area contributed by atoms with Crippen molar-refractivity contribution in [2.75, 3.05) is 12.4 Å². The van der Waals surface area contributed by atoms with Gasteiger partial charge in [-0.2, -0.15) is 0 Å². The van der Waals surface area contributed by atoms with Gasteiger partial charge < -0.3 is 9.84 Å². The van der Waals surface area contributed by atoms with E-state index in [0.29, 0.717) is 0 Å². The van der Waals surface area contributed by atoms with Crippen LogP contribution < -0.4 is 0 Å². The van der Waals surface area contributed by atoms with E-state index in [-0.39, 0.29) is 5.60 Å². The second-order valence-corrected chi connectivity index (χ2v) is 6.00. The van der Waals surface area contributed by atoms with Crippen molar-refractivity contribution in [3.05, 3.63) is 11.0 Å². The van der Waals surface area contributed by atoms with Crippen LogP contribution >= 0.6 is 11.8 Å². The van der Waals surface area contributed by atoms with Gasteiger partial charge in [0, 0.05) is 17.3 Å². The summed E-state index contributed by atoms with van der Waals surface area (Å²) in [6.07, 6.45) is 8.53. The second kappa shape index (κ2) is 3.51. The molecule has 2 heterocycles. The first-order chi connectivity index (χ1) is 7.27. The summed E-state index contributed by atoms with van der Waals surface area (Å²) in [5, 5.41) is 10.9. The Morgan fingerprint density at radius 1 is 1.27 bits per heavy atom. The minimum Gasteiger partial charge on any atom is -0.382 e. The smallest absolute Gasteiger partial charge is 0.124 e. The minimum atomic E-state index is -0.648. The molecule has 84 valence electrons. The Balaban J connectivity index is 1.95. The van der Waals surface area contributed by atoms with Crippen LogP contribution in [0.25, 0.3) is 0 Å². The minimum absolute atomic E-state index is 0.226. The van der Waals surface area contributed by atoms with Crippen LogP contribution in [-0.2, 0) is 4.74 Å². The van der Waals surface area contributed by atoms with Crippen molar-refractivity contribution in [2.24, 2.45) is 0 Å². The Morgan fingerprint density at radius 2 is 2.13 bits per heavy atom. The number of allylic oxidation sites excluding steroid dienone is 1. The van der Waals surface area contributed by atoms with Crippen LogP contribution in [0.5, 0.6) is 0 Å². The molecule has 0 bridgehead atoms. The molecule has 2 unspecified atom stereocenters. The zero-order chi connectivity index (χ0) is 10.4. The van der Waals surface area contributed by atoms with Crippen molar-refractivity contribution < 1.29 is 9.84 Å². The van der Waals surface area contributed by atoms with Crippen LogP contribution in [0.2, 0.25) is 0 Å². The Hall–Kier alpha value is 0.01000. The largest absolute Gasteiger partial charge is 0.382 e. The Morgan fingerprint density at radius 3 is 2.80 bits per heavy atom. The fraction of sp³-hybridized carbons (Fsp3) is 0.833. The third kappa shape index (κ3) is 1.33. The van der Waals surface area contributed by atoms with Crippen LogP contribution in [-0.4, -0.2) is 28.7 Å². The van der Waals surface area contributed by atoms with Crippen LogP contribution in [0.4, 0.5) is 0 Å². The quantitative estimate of drug-likeness (QED) is 0.745. The predicted molar refractivity (Wildman–Crippen MR) is 61.9 cm³/mol. The van der Waals surface area contributed by atoms with E-state index in [1.54, 1.807) is 0 Å². The molecule has 1 saturated heterocycles. The third-order valence-corrected chi connectivity index (χ3v) is 5.34. The topological polar surface area (TPSA) is 29.5 Å². The van der Waals surface area contributed by atoms with E-state index >= 15 is 0 Å². The van der Waals surface area contributed by atoms with Gasteiger partial charge in [-0.1, -0.05) is 6.08 Å². The van der Waals surface area contributed by atoms with Gasteiger partial charge in [0.05, 0.1) is 0 Å². The lowest BCUT2D eigenvalue weighted by molar-refractivity contribution is -0.115. The summed E-state index contributed by atoms with van der Waals surface area (Å²) in [4.78, 5) is 1.20. The van der Waals surface area contributed by atoms with Gasteiger partial charge in [0.1, 0.15) is 11.2 Å². The molecule has 1 aliphatic carbocycles. The molecule has 1 saturated carbocycles. The summed E-state index contributed by atoms with van der Waals surface area (Å²) in [6.45, 7) is 0.834. The number of thioether (sulfide) groups is 1. The van der Waals surface area contributed by atoms with E-state index in [4.69, 9.17) is 4.74 Å². The maximum atomic E-state index is 10.9. The predicted octanol–water partition coefficient (Wildman–Crippen LogP) is 2.47. The summed E-state index contributed by atoms with van der Waals surface area (Å²) >= 11 is 1.83. The van der Waals surface area contributed by atoms with Crippen molar-refractivity contribution in [3.8, 4) is 0 Å². The van der Waals surface area contributed by atoms with Crippen LogP contribution in [0, 0.1) is 0 Å². The molecule has 0 radical (unpaired) electrons. The molecule has 3 heteroatoms. The van der Waals surface area contributed by atoms with Gasteiger partial charge in [-0.3, -0.25) is 0 Å². The number of aliphatic hydroxyl groups is 1. The van der Waals surface area contributed by atoms with E-state index in [0.717, 1.165) is 50.9 Å². The molecule has 0 aromatic rings. The monoisotopic (exact) mass is 226 g/mol. The molecule has 15 heavy (non-hydrogen) atoms. The first kappa shape index (κ1) is 10.2. The molecule has 1 spiro atoms. The van der Waals surface area contributed by atoms with Gasteiger partial charge in [0.15, 0.2) is 0 Å². The molecule has 0 aromatic carbocycles. The number of rotatable bonds is 1. The Labute approximate surface area is 95.1 Å². The van der Waals surface area contributed by atoms with Crippen molar-refractivity contribution in [1.29, 1.82) is 0 Å². The molecule has 0 aromatic heterocycles. The highest BCUT2D eigenvalue weighted by Gasteiger charge is 2.58. The van der Waals surface area contributed by atoms with Gasteiger partial charge in [0.25, 0.3) is 0 Å². The summed E-state index contributed by atoms with van der Waals surface area (Å²) in [5.74, 6) is 1.13. The number of hydrogen-bond donors (Lipinski definition) is 1. The second-order valence-electron chi connectivity index (χ2n) is 4.87. The molecular weight excluding hydrogens is 208 g/mol. The normalized spacial score (nSPS) is 45.3. The molecular formula is C12H18O2S. The van der Waals surface area contributed by atoms with E-state index in [1.165, 1.54) is 4.91 Å². The summed E-state index contributed by atoms with van der Waals surface area (Å²) in [5.41, 5.74) is -0.874. The first-order valence-corrected chi connectivity index (χ1v) is 6.95. The molecule has 0 amide bonds. The van der Waals surface area contributed by atoms with Crippen molar-refractivity contribution >= 4 is 11.8 Å². The average molecular weight is 226 g/mol. The zero-order valence-corrected chi connectivity index (χ0v) is 9.81. The Kier molecular flexibility index (Phi) is 2.38. The lowest BCUT2D eigenvalue weighted by Crippen LogP contribution is -2.50. The van der Waals surface area contributed by atoms with Gasteiger partial charge in [0.2, 0.25) is 0 Å². The summed E-state index contributed by atoms with van der Waals surface area (Å²) < 4.78 is 5.93. The SMILES string of the molecule is OC1(C2=CCCS2)CCCC12CCCO2. The highest BCUT2D eigenvalue weighted by Crippen LogP contribution is 2.54. The summed E-state index contributed by atoms with van der Waals surface area (Å²) in [6, 6.07) is 0. The molecule has 2 aliphatic heterocycles. The highest BCUT2D eigenvalue weighted by molar-refractivity contribution is 8.03. The lowest BCUT2D eigenvalue weighted by atomic mass is 9.83. The lowest BCUT2D eigenvalue weighted by Gasteiger charge is -2.39. The van der Waals surface area contributed by atoms with Gasteiger partial charge in [-0.15, -0.1) is 11.8 Å². The third-order valence-electron chi connectivity index (χ3n) is 4.09. The fourth-order valence-electron chi connectivity index (χ4n) is 3.34. The molecule has 2 atom stereocenters. The molecule has 2 fully saturated rings. The molecule has 2 nitrogen and oxygen atoms in total. The van der Waals surface area contributed by atoms with Crippen molar-refractivity contribution in [2.45, 2.75) is 49.7 Å². The average Bonchev–Trinajstić information content (AvgIpc) is 2.94. The molecule has 1 N–H and O–H groups in total. The van der Waals surface area contributed by atoms with E-state index in [9.17, 15) is 5.11 Å². The molecule has 3 aliphatic rings. The van der Waals surface area contributed by atoms with Crippen molar-refractivity contribution in [1.82, 2.24) is 0 Å². The fourth-order valence-corrected chi connectivity index (χ4v) is 4.56. The highest BCUT2D eigenvalue weighted by atomic mass is 32.2. The van der Waals surface area contributed by atoms with Crippen LogP contribution in [0.15, 0.2) is 11.0 Å². The van der Waals surface area contributed by atoms with E-state index in [1.807, 2.05) is 11.8 Å². The van der Waals surface area contributed by atoms with E-state index < -0.39 is 5.60 Å². The van der Waals surface area contributed by atoms with Gasteiger partial charge in [-0.25, -0.2) is 0 Å².